The van der Waals surface area contributed by atoms with Crippen molar-refractivity contribution in [3.05, 3.63) is 39.9 Å². The zero-order valence-electron chi connectivity index (χ0n) is 15.5. The third-order valence-electron chi connectivity index (χ3n) is 4.28. The number of benzene rings is 1. The predicted octanol–water partition coefficient (Wildman–Crippen LogP) is 3.57. The van der Waals surface area contributed by atoms with Crippen molar-refractivity contribution in [2.45, 2.75) is 45.3 Å². The molecule has 2 rings (SSSR count). The second-order valence-corrected chi connectivity index (χ2v) is 6.35. The summed E-state index contributed by atoms with van der Waals surface area (Å²) in [5.41, 5.74) is 1.05. The summed E-state index contributed by atoms with van der Waals surface area (Å²) in [6.07, 6.45) is 4.69. The van der Waals surface area contributed by atoms with Crippen molar-refractivity contribution in [2.75, 3.05) is 26.7 Å². The van der Waals surface area contributed by atoms with Gasteiger partial charge in [0.1, 0.15) is 0 Å². The van der Waals surface area contributed by atoms with Gasteiger partial charge in [-0.05, 0) is 24.8 Å². The average Bonchev–Trinajstić information content (AvgIpc) is 3.13. The summed E-state index contributed by atoms with van der Waals surface area (Å²) in [6, 6.07) is 6.55. The van der Waals surface area contributed by atoms with Gasteiger partial charge < -0.3 is 15.0 Å². The number of nitro benzene ring substituents is 1. The number of hydrogen-bond donors (Lipinski definition) is 1. The Morgan fingerprint density at radius 2 is 2.15 bits per heavy atom. The van der Waals surface area contributed by atoms with E-state index in [0.29, 0.717) is 6.54 Å². The number of ether oxygens (including phenoxy) is 1. The van der Waals surface area contributed by atoms with Crippen LogP contribution >= 0.6 is 24.0 Å². The first-order valence-corrected chi connectivity index (χ1v) is 8.94. The Morgan fingerprint density at radius 1 is 1.42 bits per heavy atom. The molecule has 1 aromatic carbocycles. The van der Waals surface area contributed by atoms with Gasteiger partial charge in [-0.1, -0.05) is 25.5 Å². The molecular weight excluding hydrogens is 447 g/mol. The Balaban J connectivity index is 0.00000338. The molecule has 1 fully saturated rings. The fourth-order valence-electron chi connectivity index (χ4n) is 2.71. The molecule has 1 saturated heterocycles. The third kappa shape index (κ3) is 7.45. The highest BCUT2D eigenvalue weighted by Gasteiger charge is 2.16. The number of nitro groups is 1. The van der Waals surface area contributed by atoms with Gasteiger partial charge in [0, 0.05) is 38.9 Å². The van der Waals surface area contributed by atoms with Crippen molar-refractivity contribution in [3.8, 4) is 0 Å². The van der Waals surface area contributed by atoms with Crippen LogP contribution in [0.1, 0.15) is 38.2 Å². The van der Waals surface area contributed by atoms with Gasteiger partial charge in [-0.3, -0.25) is 10.1 Å². The molecule has 1 aliphatic rings. The Morgan fingerprint density at radius 3 is 2.73 bits per heavy atom. The third-order valence-corrected chi connectivity index (χ3v) is 4.28. The number of unbranched alkanes of at least 4 members (excludes halogenated alkanes) is 1. The molecule has 1 aromatic rings. The van der Waals surface area contributed by atoms with Crippen molar-refractivity contribution < 1.29 is 9.66 Å². The van der Waals surface area contributed by atoms with Crippen LogP contribution in [0.4, 0.5) is 5.69 Å². The lowest BCUT2D eigenvalue weighted by Crippen LogP contribution is -2.42. The first-order chi connectivity index (χ1) is 12.1. The van der Waals surface area contributed by atoms with Crippen LogP contribution < -0.4 is 5.32 Å². The number of halogens is 1. The topological polar surface area (TPSA) is 80.0 Å². The van der Waals surface area contributed by atoms with Gasteiger partial charge in [0.2, 0.25) is 0 Å². The van der Waals surface area contributed by atoms with Crippen LogP contribution in [-0.4, -0.2) is 48.6 Å². The molecule has 1 atom stereocenters. The van der Waals surface area contributed by atoms with Crippen molar-refractivity contribution >= 4 is 35.6 Å². The van der Waals surface area contributed by atoms with E-state index in [4.69, 9.17) is 4.74 Å². The van der Waals surface area contributed by atoms with Crippen LogP contribution in [0.2, 0.25) is 0 Å². The Hall–Kier alpha value is -1.42. The Labute approximate surface area is 172 Å². The lowest BCUT2D eigenvalue weighted by atomic mass is 10.2. The normalized spacial score (nSPS) is 16.8. The predicted molar refractivity (Wildman–Crippen MR) is 114 cm³/mol. The van der Waals surface area contributed by atoms with Crippen LogP contribution in [0.15, 0.2) is 29.3 Å². The molecule has 1 N–H and O–H groups in total. The molecule has 1 aliphatic heterocycles. The summed E-state index contributed by atoms with van der Waals surface area (Å²) in [5, 5.41) is 14.1. The largest absolute Gasteiger partial charge is 0.376 e. The highest BCUT2D eigenvalue weighted by Crippen LogP contribution is 2.13. The summed E-state index contributed by atoms with van der Waals surface area (Å²) in [4.78, 5) is 17.2. The van der Waals surface area contributed by atoms with Gasteiger partial charge in [0.25, 0.3) is 5.69 Å². The summed E-state index contributed by atoms with van der Waals surface area (Å²) in [7, 11) is 2.03. The Kier molecular flexibility index (Phi) is 10.5. The first kappa shape index (κ1) is 22.6. The van der Waals surface area contributed by atoms with Gasteiger partial charge in [0.05, 0.1) is 17.6 Å². The minimum Gasteiger partial charge on any atom is -0.376 e. The molecule has 0 aliphatic carbocycles. The molecule has 0 amide bonds. The lowest BCUT2D eigenvalue weighted by Gasteiger charge is -2.23. The summed E-state index contributed by atoms with van der Waals surface area (Å²) >= 11 is 0. The minimum absolute atomic E-state index is 0. The van der Waals surface area contributed by atoms with E-state index in [9.17, 15) is 10.1 Å². The van der Waals surface area contributed by atoms with E-state index in [0.717, 1.165) is 56.9 Å². The number of hydrogen-bond acceptors (Lipinski definition) is 4. The van der Waals surface area contributed by atoms with Gasteiger partial charge in [-0.2, -0.15) is 0 Å². The van der Waals surface area contributed by atoms with Crippen LogP contribution in [0.25, 0.3) is 0 Å². The quantitative estimate of drug-likeness (QED) is 0.204. The maximum absolute atomic E-state index is 10.7. The molecule has 0 aromatic heterocycles. The van der Waals surface area contributed by atoms with E-state index in [-0.39, 0.29) is 40.7 Å². The first-order valence-electron chi connectivity index (χ1n) is 8.94. The molecule has 26 heavy (non-hydrogen) atoms. The molecule has 1 unspecified atom stereocenters. The van der Waals surface area contributed by atoms with Crippen LogP contribution in [0, 0.1) is 10.1 Å². The number of guanidine groups is 1. The molecule has 1 heterocycles. The number of non-ortho nitro benzene ring substituents is 1. The minimum atomic E-state index is -0.389. The lowest BCUT2D eigenvalue weighted by molar-refractivity contribution is -0.384. The van der Waals surface area contributed by atoms with Crippen molar-refractivity contribution in [2.24, 2.45) is 4.99 Å². The fraction of sp³-hybridized carbons (Fsp3) is 0.611. The number of nitrogens with one attached hydrogen (secondary N) is 1. The number of aliphatic imine (C=N–C) groups is 1. The van der Waals surface area contributed by atoms with E-state index in [1.165, 1.54) is 12.1 Å². The van der Waals surface area contributed by atoms with Crippen molar-refractivity contribution in [1.82, 2.24) is 10.2 Å². The van der Waals surface area contributed by atoms with Gasteiger partial charge in [-0.15, -0.1) is 24.0 Å². The maximum atomic E-state index is 10.7. The van der Waals surface area contributed by atoms with Crippen LogP contribution in [0.3, 0.4) is 0 Å². The molecule has 0 bridgehead atoms. The van der Waals surface area contributed by atoms with Crippen molar-refractivity contribution in [1.29, 1.82) is 0 Å². The average molecular weight is 476 g/mol. The van der Waals surface area contributed by atoms with E-state index in [1.54, 1.807) is 12.1 Å². The second-order valence-electron chi connectivity index (χ2n) is 6.35. The van der Waals surface area contributed by atoms with E-state index in [1.807, 2.05) is 7.05 Å². The summed E-state index contributed by atoms with van der Waals surface area (Å²) < 4.78 is 5.66. The fourth-order valence-corrected chi connectivity index (χ4v) is 2.71. The molecule has 0 spiro atoms. The second kappa shape index (κ2) is 12.1. The van der Waals surface area contributed by atoms with E-state index < -0.39 is 0 Å². The molecule has 8 heteroatoms. The van der Waals surface area contributed by atoms with Gasteiger partial charge in [-0.25, -0.2) is 4.99 Å². The SMILES string of the molecule is CCCCN(C)C(=NCc1ccc([N+](=O)[O-])cc1)NCC1CCCO1.I. The highest BCUT2D eigenvalue weighted by atomic mass is 127. The smallest absolute Gasteiger partial charge is 0.269 e. The van der Waals surface area contributed by atoms with Gasteiger partial charge in [0.15, 0.2) is 5.96 Å². The number of nitrogens with zero attached hydrogens (tertiary/aromatic N) is 3. The molecule has 146 valence electrons. The van der Waals surface area contributed by atoms with E-state index in [2.05, 4.69) is 22.1 Å². The molecule has 0 radical (unpaired) electrons. The highest BCUT2D eigenvalue weighted by molar-refractivity contribution is 14.0. The summed E-state index contributed by atoms with van der Waals surface area (Å²) in [5.74, 6) is 0.849. The number of rotatable bonds is 8. The summed E-state index contributed by atoms with van der Waals surface area (Å²) in [6.45, 7) is 5.20. The standard InChI is InChI=1S/C18H28N4O3.HI/c1-3-4-11-21(2)18(20-14-17-6-5-12-25-17)19-13-15-7-9-16(10-8-15)22(23)24;/h7-10,17H,3-6,11-14H2,1-2H3,(H,19,20);1H. The zero-order valence-corrected chi connectivity index (χ0v) is 17.8. The van der Waals surface area contributed by atoms with Crippen molar-refractivity contribution in [3.63, 3.8) is 0 Å². The zero-order chi connectivity index (χ0) is 18.1. The van der Waals surface area contributed by atoms with E-state index >= 15 is 0 Å². The monoisotopic (exact) mass is 476 g/mol. The van der Waals surface area contributed by atoms with Gasteiger partial charge >= 0.3 is 0 Å². The Bertz CT molecular complexity index is 574. The molecular formula is C18H29IN4O3. The van der Waals surface area contributed by atoms with Crippen LogP contribution in [0.5, 0.6) is 0 Å². The van der Waals surface area contributed by atoms with Crippen LogP contribution in [-0.2, 0) is 11.3 Å². The molecule has 0 saturated carbocycles. The molecule has 7 nitrogen and oxygen atoms in total. The maximum Gasteiger partial charge on any atom is 0.269 e.